The van der Waals surface area contributed by atoms with Gasteiger partial charge in [-0.25, -0.2) is 0 Å². The van der Waals surface area contributed by atoms with Crippen LogP contribution in [0.25, 0.3) is 0 Å². The van der Waals surface area contributed by atoms with Crippen LogP contribution in [0.3, 0.4) is 0 Å². The molecule has 1 fully saturated rings. The van der Waals surface area contributed by atoms with E-state index in [0.717, 1.165) is 12.1 Å². The van der Waals surface area contributed by atoms with Crippen LogP contribution in [-0.2, 0) is 9.53 Å². The average Bonchev–Trinajstić information content (AvgIpc) is 3.23. The number of aromatic nitrogens is 1. The van der Waals surface area contributed by atoms with E-state index in [4.69, 9.17) is 9.15 Å². The minimum Gasteiger partial charge on any atom is -0.459 e. The van der Waals surface area contributed by atoms with Crippen LogP contribution in [0.15, 0.2) is 45.8 Å². The summed E-state index contributed by atoms with van der Waals surface area (Å²) in [6.45, 7) is 3.13. The molecule has 2 aliphatic heterocycles. The first-order valence-electron chi connectivity index (χ1n) is 9.83. The number of ether oxygens (including phenoxy) is 1. The van der Waals surface area contributed by atoms with Crippen molar-refractivity contribution in [1.29, 1.82) is 0 Å². The molecular formula is C21H25N3O5. The summed E-state index contributed by atoms with van der Waals surface area (Å²) < 4.78 is 12.0. The highest BCUT2D eigenvalue weighted by atomic mass is 16.5. The molecule has 0 unspecified atom stereocenters. The Kier molecular flexibility index (Phi) is 5.27. The van der Waals surface area contributed by atoms with Gasteiger partial charge in [-0.3, -0.25) is 19.0 Å². The minimum atomic E-state index is -0.665. The Bertz CT molecular complexity index is 951. The van der Waals surface area contributed by atoms with E-state index in [1.165, 1.54) is 12.3 Å². The van der Waals surface area contributed by atoms with Crippen molar-refractivity contribution in [1.82, 2.24) is 14.8 Å². The summed E-state index contributed by atoms with van der Waals surface area (Å²) in [6, 6.07) is 7.54. The largest absolute Gasteiger partial charge is 0.459 e. The van der Waals surface area contributed by atoms with Crippen molar-refractivity contribution >= 4 is 11.8 Å². The molecule has 2 aliphatic rings. The molecule has 4 atom stereocenters. The van der Waals surface area contributed by atoms with Crippen LogP contribution in [0.2, 0.25) is 0 Å². The van der Waals surface area contributed by atoms with Crippen LogP contribution in [0, 0.1) is 5.92 Å². The molecule has 4 rings (SSSR count). The van der Waals surface area contributed by atoms with Crippen molar-refractivity contribution in [2.75, 3.05) is 26.8 Å². The fourth-order valence-electron chi connectivity index (χ4n) is 4.61. The molecule has 1 N–H and O–H groups in total. The standard InChI is InChI=1S/C21H25N3O5/c1-13(12-28-2)22-20(26)19-15-9-14(16-5-3-7-18(25)24(16)19)10-23(11-15)21(27)17-6-4-8-29-17/h3-8,13-15,19H,9-12H2,1-2H3,(H,22,26)/t13-,14-,15+,19+/m0/s1. The number of hydrogen-bond donors (Lipinski definition) is 1. The zero-order valence-corrected chi connectivity index (χ0v) is 16.5. The van der Waals surface area contributed by atoms with Crippen molar-refractivity contribution in [3.8, 4) is 0 Å². The number of nitrogens with zero attached hydrogens (tertiary/aromatic N) is 2. The number of rotatable bonds is 5. The van der Waals surface area contributed by atoms with Crippen LogP contribution >= 0.6 is 0 Å². The second kappa shape index (κ2) is 7.87. The maximum Gasteiger partial charge on any atom is 0.289 e. The third kappa shape index (κ3) is 3.60. The number of hydrogen-bond acceptors (Lipinski definition) is 5. The van der Waals surface area contributed by atoms with E-state index in [9.17, 15) is 14.4 Å². The summed E-state index contributed by atoms with van der Waals surface area (Å²) in [5.74, 6) is -0.287. The molecule has 2 aromatic heterocycles. The van der Waals surface area contributed by atoms with E-state index in [1.807, 2.05) is 13.0 Å². The summed E-state index contributed by atoms with van der Waals surface area (Å²) in [5.41, 5.74) is 0.604. The first kappa shape index (κ1) is 19.4. The molecule has 0 aromatic carbocycles. The summed E-state index contributed by atoms with van der Waals surface area (Å²) in [4.78, 5) is 40.4. The molecular weight excluding hydrogens is 374 g/mol. The van der Waals surface area contributed by atoms with Gasteiger partial charge in [-0.05, 0) is 31.5 Å². The highest BCUT2D eigenvalue weighted by Crippen LogP contribution is 2.41. The quantitative estimate of drug-likeness (QED) is 0.820. The number of carbonyl (C=O) groups excluding carboxylic acids is 2. The van der Waals surface area contributed by atoms with Crippen LogP contribution in [0.4, 0.5) is 0 Å². The van der Waals surface area contributed by atoms with Gasteiger partial charge in [0.15, 0.2) is 5.76 Å². The van der Waals surface area contributed by atoms with Gasteiger partial charge in [0.2, 0.25) is 5.91 Å². The molecule has 0 aliphatic carbocycles. The van der Waals surface area contributed by atoms with Crippen molar-refractivity contribution in [2.24, 2.45) is 5.92 Å². The maximum absolute atomic E-state index is 13.2. The fourth-order valence-corrected chi connectivity index (χ4v) is 4.61. The Labute approximate surface area is 168 Å². The molecule has 2 aromatic rings. The van der Waals surface area contributed by atoms with E-state index in [-0.39, 0.29) is 41.0 Å². The van der Waals surface area contributed by atoms with Gasteiger partial charge in [-0.2, -0.15) is 0 Å². The number of furan rings is 1. The Morgan fingerprint density at radius 2 is 2.10 bits per heavy atom. The SMILES string of the molecule is COC[C@H](C)NC(=O)[C@H]1[C@@H]2C[C@@H](CN(C(=O)c3ccco3)C2)c2cccc(=O)n21. The predicted molar refractivity (Wildman–Crippen MR) is 105 cm³/mol. The molecule has 8 nitrogen and oxygen atoms in total. The molecule has 4 heterocycles. The molecule has 2 bridgehead atoms. The van der Waals surface area contributed by atoms with Gasteiger partial charge in [-0.1, -0.05) is 6.07 Å². The van der Waals surface area contributed by atoms with Crippen LogP contribution < -0.4 is 10.9 Å². The second-order valence-electron chi connectivity index (χ2n) is 7.85. The first-order chi connectivity index (χ1) is 14.0. The van der Waals surface area contributed by atoms with Gasteiger partial charge in [0.25, 0.3) is 11.5 Å². The van der Waals surface area contributed by atoms with Gasteiger partial charge in [0.1, 0.15) is 6.04 Å². The van der Waals surface area contributed by atoms with Crippen molar-refractivity contribution in [3.63, 3.8) is 0 Å². The van der Waals surface area contributed by atoms with Gasteiger partial charge >= 0.3 is 0 Å². The molecule has 29 heavy (non-hydrogen) atoms. The number of carbonyl (C=O) groups is 2. The highest BCUT2D eigenvalue weighted by molar-refractivity contribution is 5.91. The maximum atomic E-state index is 13.2. The topological polar surface area (TPSA) is 93.8 Å². The number of piperidine rings is 1. The van der Waals surface area contributed by atoms with Crippen molar-refractivity contribution < 1.29 is 18.7 Å². The number of amides is 2. The van der Waals surface area contributed by atoms with E-state index < -0.39 is 6.04 Å². The number of methoxy groups -OCH3 is 1. The van der Waals surface area contributed by atoms with E-state index >= 15 is 0 Å². The Balaban J connectivity index is 1.68. The van der Waals surface area contributed by atoms with E-state index in [0.29, 0.717) is 19.7 Å². The normalized spacial score (nSPS) is 23.9. The van der Waals surface area contributed by atoms with Gasteiger partial charge in [0.05, 0.1) is 12.9 Å². The van der Waals surface area contributed by atoms with Crippen molar-refractivity contribution in [3.05, 3.63) is 58.4 Å². The van der Waals surface area contributed by atoms with Crippen LogP contribution in [0.1, 0.15) is 41.6 Å². The van der Waals surface area contributed by atoms with E-state index in [1.54, 1.807) is 34.8 Å². The summed E-state index contributed by atoms with van der Waals surface area (Å²) in [6.07, 6.45) is 2.22. The number of pyridine rings is 1. The average molecular weight is 399 g/mol. The molecule has 0 saturated carbocycles. The lowest BCUT2D eigenvalue weighted by Gasteiger charge is -2.46. The molecule has 2 amide bonds. The third-order valence-corrected chi connectivity index (χ3v) is 5.74. The molecule has 8 heteroatoms. The highest BCUT2D eigenvalue weighted by Gasteiger charge is 2.45. The molecule has 154 valence electrons. The first-order valence-corrected chi connectivity index (χ1v) is 9.83. The van der Waals surface area contributed by atoms with Gasteiger partial charge in [-0.15, -0.1) is 0 Å². The lowest BCUT2D eigenvalue weighted by Crippen LogP contribution is -2.55. The third-order valence-electron chi connectivity index (χ3n) is 5.74. The lowest BCUT2D eigenvalue weighted by atomic mass is 9.78. The van der Waals surface area contributed by atoms with Crippen molar-refractivity contribution in [2.45, 2.75) is 31.3 Å². The molecule has 0 spiro atoms. The lowest BCUT2D eigenvalue weighted by molar-refractivity contribution is -0.128. The number of fused-ring (bicyclic) bond motifs is 4. The monoisotopic (exact) mass is 399 g/mol. The Hall–Kier alpha value is -2.87. The van der Waals surface area contributed by atoms with E-state index in [2.05, 4.69) is 5.32 Å². The van der Waals surface area contributed by atoms with Gasteiger partial charge < -0.3 is 19.4 Å². The zero-order chi connectivity index (χ0) is 20.5. The fraction of sp³-hybridized carbons (Fsp3) is 0.476. The summed E-state index contributed by atoms with van der Waals surface area (Å²) in [7, 11) is 1.58. The predicted octanol–water partition coefficient (Wildman–Crippen LogP) is 1.39. The molecule has 0 radical (unpaired) electrons. The Morgan fingerprint density at radius 3 is 2.83 bits per heavy atom. The number of likely N-dealkylation sites (tertiary alicyclic amines) is 1. The van der Waals surface area contributed by atoms with Gasteiger partial charge in [0, 0.05) is 49.8 Å². The van der Waals surface area contributed by atoms with Crippen LogP contribution in [0.5, 0.6) is 0 Å². The zero-order valence-electron chi connectivity index (χ0n) is 16.5. The summed E-state index contributed by atoms with van der Waals surface area (Å²) >= 11 is 0. The van der Waals surface area contributed by atoms with Crippen LogP contribution in [-0.4, -0.2) is 54.1 Å². The second-order valence-corrected chi connectivity index (χ2v) is 7.85. The Morgan fingerprint density at radius 1 is 1.28 bits per heavy atom. The minimum absolute atomic E-state index is 0.00186. The number of nitrogens with one attached hydrogen (secondary N) is 1. The molecule has 1 saturated heterocycles. The summed E-state index contributed by atoms with van der Waals surface area (Å²) in [5, 5.41) is 2.95. The smallest absolute Gasteiger partial charge is 0.289 e.